The van der Waals surface area contributed by atoms with Crippen molar-refractivity contribution < 1.29 is 27.2 Å². The molecule has 3 aromatic rings. The van der Waals surface area contributed by atoms with E-state index in [4.69, 9.17) is 14.9 Å². The van der Waals surface area contributed by atoms with Crippen molar-refractivity contribution in [1.82, 2.24) is 14.1 Å². The molecule has 1 aromatic heterocycles. The lowest BCUT2D eigenvalue weighted by molar-refractivity contribution is 0.0732. The number of carbonyl (C=O) groups is 2. The quantitative estimate of drug-likeness (QED) is 0.392. The highest BCUT2D eigenvalue weighted by Gasteiger charge is 2.31. The Balaban J connectivity index is 1.46. The summed E-state index contributed by atoms with van der Waals surface area (Å²) in [6.07, 6.45) is 0.425. The number of benzene rings is 2. The minimum absolute atomic E-state index is 0.0116. The van der Waals surface area contributed by atoms with Gasteiger partial charge in [0.2, 0.25) is 15.9 Å². The van der Waals surface area contributed by atoms with Crippen molar-refractivity contribution in [3.8, 4) is 0 Å². The average molecular weight is 612 g/mol. The summed E-state index contributed by atoms with van der Waals surface area (Å²) < 4.78 is 38.0. The molecule has 1 saturated heterocycles. The molecule has 0 unspecified atom stereocenters. The molecule has 0 spiro atoms. The molecule has 12 nitrogen and oxygen atoms in total. The fourth-order valence-electron chi connectivity index (χ4n) is 5.96. The van der Waals surface area contributed by atoms with Gasteiger partial charge in [-0.05, 0) is 56.3 Å². The number of fused-ring (bicyclic) bond motifs is 3. The first kappa shape index (κ1) is 30.7. The number of primary amides is 1. The standard InChI is InChI=1S/C30H37N5O7S/c1-18-25(34-13-12-33(4)20(15-34)17-41-5)9-8-22-21-10-11-35(16-24(21)30(38)42-27(18)22)29(37)19-6-7-23(28(31)36)26(14-19)43(39,40)32(2)3/h6-9,14,20H,10-13,15-17H2,1-5H3,(H2,31,36)/t20-/m1/s1. The van der Waals surface area contributed by atoms with Crippen molar-refractivity contribution in [2.24, 2.45) is 5.73 Å². The van der Waals surface area contributed by atoms with E-state index in [9.17, 15) is 22.8 Å². The highest BCUT2D eigenvalue weighted by atomic mass is 32.2. The van der Waals surface area contributed by atoms with Crippen molar-refractivity contribution in [3.63, 3.8) is 0 Å². The summed E-state index contributed by atoms with van der Waals surface area (Å²) in [7, 11) is 2.39. The Morgan fingerprint density at radius 3 is 2.53 bits per heavy atom. The van der Waals surface area contributed by atoms with Gasteiger partial charge in [-0.1, -0.05) is 0 Å². The first-order valence-electron chi connectivity index (χ1n) is 14.0. The minimum atomic E-state index is -4.06. The first-order chi connectivity index (χ1) is 20.3. The number of hydrogen-bond acceptors (Lipinski definition) is 9. The molecule has 1 fully saturated rings. The smallest absolute Gasteiger partial charge is 0.341 e. The van der Waals surface area contributed by atoms with E-state index in [1.165, 1.54) is 31.1 Å². The monoisotopic (exact) mass is 611 g/mol. The first-order valence-corrected chi connectivity index (χ1v) is 15.5. The molecule has 0 aliphatic carbocycles. The van der Waals surface area contributed by atoms with Crippen LogP contribution in [0.4, 0.5) is 5.69 Å². The molecule has 0 bridgehead atoms. The Morgan fingerprint density at radius 1 is 1.12 bits per heavy atom. The lowest BCUT2D eigenvalue weighted by Crippen LogP contribution is -2.53. The van der Waals surface area contributed by atoms with Crippen LogP contribution in [0.3, 0.4) is 0 Å². The number of piperazine rings is 1. The number of nitrogens with zero attached hydrogens (tertiary/aromatic N) is 4. The van der Waals surface area contributed by atoms with E-state index in [-0.39, 0.29) is 28.6 Å². The molecule has 230 valence electrons. The average Bonchev–Trinajstić information content (AvgIpc) is 2.98. The van der Waals surface area contributed by atoms with Gasteiger partial charge in [-0.15, -0.1) is 0 Å². The molecule has 2 aliphatic heterocycles. The summed E-state index contributed by atoms with van der Waals surface area (Å²) in [6, 6.07) is 8.08. The second-order valence-corrected chi connectivity index (χ2v) is 13.4. The molecule has 0 radical (unpaired) electrons. The van der Waals surface area contributed by atoms with Crippen LogP contribution in [-0.4, -0.2) is 101 Å². The number of anilines is 1. The highest BCUT2D eigenvalue weighted by molar-refractivity contribution is 7.89. The second-order valence-electron chi connectivity index (χ2n) is 11.3. The van der Waals surface area contributed by atoms with Gasteiger partial charge >= 0.3 is 5.63 Å². The molecule has 2 amide bonds. The maximum Gasteiger partial charge on any atom is 0.341 e. The van der Waals surface area contributed by atoms with Crippen molar-refractivity contribution in [2.75, 3.05) is 65.9 Å². The zero-order valence-electron chi connectivity index (χ0n) is 25.0. The lowest BCUT2D eigenvalue weighted by Gasteiger charge is -2.41. The van der Waals surface area contributed by atoms with Gasteiger partial charge in [0.25, 0.3) is 5.91 Å². The van der Waals surface area contributed by atoms with Gasteiger partial charge in [0.05, 0.1) is 35.2 Å². The third-order valence-corrected chi connectivity index (χ3v) is 10.4. The summed E-state index contributed by atoms with van der Waals surface area (Å²) >= 11 is 0. The number of methoxy groups -OCH3 is 1. The van der Waals surface area contributed by atoms with Gasteiger partial charge in [0.1, 0.15) is 5.58 Å². The molecule has 5 rings (SSSR count). The van der Waals surface area contributed by atoms with Crippen LogP contribution in [0.2, 0.25) is 0 Å². The van der Waals surface area contributed by atoms with E-state index in [0.717, 1.165) is 52.2 Å². The van der Waals surface area contributed by atoms with Crippen LogP contribution in [0.5, 0.6) is 0 Å². The maximum atomic E-state index is 13.5. The van der Waals surface area contributed by atoms with Crippen molar-refractivity contribution >= 4 is 38.5 Å². The van der Waals surface area contributed by atoms with Crippen molar-refractivity contribution in [2.45, 2.75) is 30.8 Å². The van der Waals surface area contributed by atoms with Crippen LogP contribution in [0.25, 0.3) is 11.0 Å². The largest absolute Gasteiger partial charge is 0.422 e. The molecule has 3 heterocycles. The second kappa shape index (κ2) is 11.7. The fourth-order valence-corrected chi connectivity index (χ4v) is 7.07. The number of rotatable bonds is 7. The summed E-state index contributed by atoms with van der Waals surface area (Å²) in [5.41, 5.74) is 8.46. The molecule has 1 atom stereocenters. The predicted octanol–water partition coefficient (Wildman–Crippen LogP) is 1.42. The van der Waals surface area contributed by atoms with Gasteiger partial charge in [-0.3, -0.25) is 14.5 Å². The third-order valence-electron chi connectivity index (χ3n) is 8.51. The molecule has 0 saturated carbocycles. The number of aryl methyl sites for hydroxylation is 1. The van der Waals surface area contributed by atoms with Crippen LogP contribution >= 0.6 is 0 Å². The Kier molecular flexibility index (Phi) is 8.36. The van der Waals surface area contributed by atoms with Gasteiger partial charge in [-0.25, -0.2) is 17.5 Å². The maximum absolute atomic E-state index is 13.5. The predicted molar refractivity (Wildman–Crippen MR) is 162 cm³/mol. The summed E-state index contributed by atoms with van der Waals surface area (Å²) in [5, 5.41) is 0.843. The van der Waals surface area contributed by atoms with Gasteiger partial charge < -0.3 is 24.7 Å². The Labute approximate surface area is 250 Å². The lowest BCUT2D eigenvalue weighted by atomic mass is 9.95. The number of ether oxygens (including phenoxy) is 1. The fraction of sp³-hybridized carbons (Fsp3) is 0.433. The summed E-state index contributed by atoms with van der Waals surface area (Å²) in [6.45, 7) is 5.43. The number of hydrogen-bond donors (Lipinski definition) is 1. The van der Waals surface area contributed by atoms with E-state index < -0.39 is 27.5 Å². The molecule has 2 aliphatic rings. The number of carbonyl (C=O) groups excluding carboxylic acids is 2. The van der Waals surface area contributed by atoms with Crippen molar-refractivity contribution in [3.05, 3.63) is 68.6 Å². The SMILES string of the molecule is COC[C@H]1CN(c2ccc3c4c(c(=O)oc3c2C)CN(C(=O)c2ccc(C(N)=O)c(S(=O)(=O)N(C)C)c2)CC4)CCN1C. The Bertz CT molecular complexity index is 1770. The zero-order valence-corrected chi connectivity index (χ0v) is 25.9. The van der Waals surface area contributed by atoms with Gasteiger partial charge in [0.15, 0.2) is 0 Å². The van der Waals surface area contributed by atoms with Crippen LogP contribution in [0.1, 0.15) is 37.4 Å². The summed E-state index contributed by atoms with van der Waals surface area (Å²) in [4.78, 5) is 44.5. The van der Waals surface area contributed by atoms with E-state index in [1.54, 1.807) is 7.11 Å². The van der Waals surface area contributed by atoms with Crippen LogP contribution in [0.15, 0.2) is 44.4 Å². The van der Waals surface area contributed by atoms with E-state index in [2.05, 4.69) is 22.9 Å². The van der Waals surface area contributed by atoms with Gasteiger partial charge in [-0.2, -0.15) is 0 Å². The molecular formula is C30H37N5O7S. The number of sulfonamides is 1. The normalized spacial score (nSPS) is 17.9. The van der Waals surface area contributed by atoms with E-state index in [0.29, 0.717) is 30.7 Å². The summed E-state index contributed by atoms with van der Waals surface area (Å²) in [5.74, 6) is -1.39. The molecule has 2 aromatic carbocycles. The molecule has 2 N–H and O–H groups in total. The van der Waals surface area contributed by atoms with E-state index in [1.807, 2.05) is 13.0 Å². The van der Waals surface area contributed by atoms with Gasteiger partial charge in [0, 0.05) is 69.6 Å². The van der Waals surface area contributed by atoms with Crippen LogP contribution in [-0.2, 0) is 27.7 Å². The van der Waals surface area contributed by atoms with Crippen molar-refractivity contribution in [1.29, 1.82) is 0 Å². The Morgan fingerprint density at radius 2 is 1.86 bits per heavy atom. The number of amides is 2. The molecular weight excluding hydrogens is 574 g/mol. The third kappa shape index (κ3) is 5.53. The molecule has 43 heavy (non-hydrogen) atoms. The number of nitrogens with two attached hydrogens (primary N) is 1. The Hall–Kier alpha value is -3.78. The molecule has 13 heteroatoms. The minimum Gasteiger partial charge on any atom is -0.422 e. The number of likely N-dealkylation sites (N-methyl/N-ethyl adjacent to an activating group) is 1. The van der Waals surface area contributed by atoms with E-state index >= 15 is 0 Å². The zero-order chi connectivity index (χ0) is 31.2. The topological polar surface area (TPSA) is 147 Å². The highest BCUT2D eigenvalue weighted by Crippen LogP contribution is 2.34. The van der Waals surface area contributed by atoms with Crippen LogP contribution < -0.4 is 16.3 Å². The van der Waals surface area contributed by atoms with Crippen LogP contribution in [0, 0.1) is 6.92 Å².